The second-order valence-electron chi connectivity index (χ2n) is 4.57. The van der Waals surface area contributed by atoms with Gasteiger partial charge < -0.3 is 9.84 Å². The third kappa shape index (κ3) is 3.35. The minimum absolute atomic E-state index is 0.530. The van der Waals surface area contributed by atoms with E-state index in [9.17, 15) is 5.11 Å². The smallest absolute Gasteiger partial charge is 0.122 e. The van der Waals surface area contributed by atoms with Crippen LogP contribution in [0, 0.1) is 0 Å². The van der Waals surface area contributed by atoms with Crippen molar-refractivity contribution in [3.05, 3.63) is 47.8 Å². The number of aryl methyl sites for hydroxylation is 1. The first-order valence-corrected chi connectivity index (χ1v) is 6.57. The van der Waals surface area contributed by atoms with Crippen molar-refractivity contribution in [2.75, 3.05) is 7.11 Å². The van der Waals surface area contributed by atoms with Crippen molar-refractivity contribution in [2.45, 2.75) is 32.4 Å². The van der Waals surface area contributed by atoms with Gasteiger partial charge in [0.15, 0.2) is 0 Å². The Labute approximate surface area is 113 Å². The maximum atomic E-state index is 10.3. The van der Waals surface area contributed by atoms with E-state index in [0.29, 0.717) is 6.42 Å². The van der Waals surface area contributed by atoms with Crippen molar-refractivity contribution in [1.82, 2.24) is 9.78 Å². The zero-order valence-corrected chi connectivity index (χ0v) is 11.4. The van der Waals surface area contributed by atoms with Gasteiger partial charge in [-0.05, 0) is 18.1 Å². The van der Waals surface area contributed by atoms with Gasteiger partial charge in [0.2, 0.25) is 0 Å². The van der Waals surface area contributed by atoms with E-state index >= 15 is 0 Å². The van der Waals surface area contributed by atoms with E-state index in [0.717, 1.165) is 29.8 Å². The van der Waals surface area contributed by atoms with Crippen LogP contribution in [0.1, 0.15) is 30.6 Å². The lowest BCUT2D eigenvalue weighted by Gasteiger charge is -2.11. The van der Waals surface area contributed by atoms with Crippen LogP contribution in [0.4, 0.5) is 0 Å². The molecule has 0 bridgehead atoms. The summed E-state index contributed by atoms with van der Waals surface area (Å²) in [7, 11) is 1.64. The molecule has 1 atom stereocenters. The average Bonchev–Trinajstić information content (AvgIpc) is 2.88. The number of hydrogen-bond donors (Lipinski definition) is 1. The number of hydrogen-bond acceptors (Lipinski definition) is 3. The Bertz CT molecular complexity index is 522. The Morgan fingerprint density at radius 2 is 2.16 bits per heavy atom. The Hall–Kier alpha value is -1.81. The number of aliphatic hydroxyl groups is 1. The van der Waals surface area contributed by atoms with Gasteiger partial charge in [0, 0.05) is 24.7 Å². The quantitative estimate of drug-likeness (QED) is 0.868. The zero-order valence-electron chi connectivity index (χ0n) is 11.4. The number of nitrogens with zero attached hydrogens (tertiary/aromatic N) is 2. The standard InChI is InChI=1S/C15H20N2O2/c1-3-8-17-11-13(10-16-17)14(18)9-12-6-4-5-7-15(12)19-2/h4-7,10-11,14,18H,3,8-9H2,1-2H3. The Balaban J connectivity index is 2.09. The lowest BCUT2D eigenvalue weighted by atomic mass is 10.0. The van der Waals surface area contributed by atoms with Crippen molar-refractivity contribution in [3.8, 4) is 5.75 Å². The van der Waals surface area contributed by atoms with E-state index in [2.05, 4.69) is 12.0 Å². The summed E-state index contributed by atoms with van der Waals surface area (Å²) in [5.74, 6) is 0.808. The van der Waals surface area contributed by atoms with E-state index in [1.807, 2.05) is 35.1 Å². The fourth-order valence-electron chi connectivity index (χ4n) is 2.10. The van der Waals surface area contributed by atoms with Crippen molar-refractivity contribution < 1.29 is 9.84 Å². The molecule has 1 N–H and O–H groups in total. The molecule has 0 saturated heterocycles. The summed E-state index contributed by atoms with van der Waals surface area (Å²) in [5.41, 5.74) is 1.85. The predicted octanol–water partition coefficient (Wildman–Crippen LogP) is 2.58. The Morgan fingerprint density at radius 1 is 1.37 bits per heavy atom. The maximum absolute atomic E-state index is 10.3. The normalized spacial score (nSPS) is 12.4. The van der Waals surface area contributed by atoms with Crippen LogP contribution in [0.15, 0.2) is 36.7 Å². The molecule has 1 aromatic heterocycles. The second-order valence-corrected chi connectivity index (χ2v) is 4.57. The van der Waals surface area contributed by atoms with Gasteiger partial charge in [-0.15, -0.1) is 0 Å². The topological polar surface area (TPSA) is 47.3 Å². The molecule has 0 amide bonds. The molecule has 1 heterocycles. The number of methoxy groups -OCH3 is 1. The first-order chi connectivity index (χ1) is 9.24. The largest absolute Gasteiger partial charge is 0.496 e. The zero-order chi connectivity index (χ0) is 13.7. The molecule has 4 nitrogen and oxygen atoms in total. The molecule has 19 heavy (non-hydrogen) atoms. The third-order valence-electron chi connectivity index (χ3n) is 3.10. The van der Waals surface area contributed by atoms with E-state index in [1.165, 1.54) is 0 Å². The van der Waals surface area contributed by atoms with Gasteiger partial charge in [0.1, 0.15) is 5.75 Å². The molecule has 0 radical (unpaired) electrons. The molecule has 1 unspecified atom stereocenters. The molecule has 4 heteroatoms. The van der Waals surface area contributed by atoms with Crippen LogP contribution in [-0.4, -0.2) is 22.0 Å². The van der Waals surface area contributed by atoms with Crippen LogP contribution >= 0.6 is 0 Å². The second kappa shape index (κ2) is 6.38. The molecular weight excluding hydrogens is 240 g/mol. The molecule has 0 aliphatic heterocycles. The number of benzene rings is 1. The Morgan fingerprint density at radius 3 is 2.89 bits per heavy atom. The van der Waals surface area contributed by atoms with Crippen LogP contribution in [0.25, 0.3) is 0 Å². The molecule has 0 aliphatic carbocycles. The van der Waals surface area contributed by atoms with Crippen LogP contribution in [0.5, 0.6) is 5.75 Å². The summed E-state index contributed by atoms with van der Waals surface area (Å²) < 4.78 is 7.16. The molecule has 1 aromatic carbocycles. The lowest BCUT2D eigenvalue weighted by Crippen LogP contribution is -2.03. The van der Waals surface area contributed by atoms with E-state index in [-0.39, 0.29) is 0 Å². The van der Waals surface area contributed by atoms with E-state index < -0.39 is 6.10 Å². The number of aliphatic hydroxyl groups excluding tert-OH is 1. The van der Waals surface area contributed by atoms with Gasteiger partial charge in [-0.25, -0.2) is 0 Å². The summed E-state index contributed by atoms with van der Waals surface area (Å²) >= 11 is 0. The summed E-state index contributed by atoms with van der Waals surface area (Å²) in [6.45, 7) is 2.98. The van der Waals surface area contributed by atoms with Gasteiger partial charge in [-0.1, -0.05) is 25.1 Å². The van der Waals surface area contributed by atoms with Gasteiger partial charge >= 0.3 is 0 Å². The van der Waals surface area contributed by atoms with Gasteiger partial charge in [0.05, 0.1) is 19.4 Å². The molecule has 0 fully saturated rings. The molecule has 0 saturated carbocycles. The third-order valence-corrected chi connectivity index (χ3v) is 3.10. The lowest BCUT2D eigenvalue weighted by molar-refractivity contribution is 0.177. The molecular formula is C15H20N2O2. The van der Waals surface area contributed by atoms with Crippen molar-refractivity contribution in [2.24, 2.45) is 0 Å². The van der Waals surface area contributed by atoms with E-state index in [4.69, 9.17) is 4.74 Å². The first-order valence-electron chi connectivity index (χ1n) is 6.57. The maximum Gasteiger partial charge on any atom is 0.122 e. The van der Waals surface area contributed by atoms with Crippen LogP contribution in [0.3, 0.4) is 0 Å². The minimum Gasteiger partial charge on any atom is -0.496 e. The molecule has 0 aliphatic rings. The highest BCUT2D eigenvalue weighted by Crippen LogP contribution is 2.24. The fraction of sp³-hybridized carbons (Fsp3) is 0.400. The Kier molecular flexibility index (Phi) is 4.58. The van der Waals surface area contributed by atoms with Crippen LogP contribution < -0.4 is 4.74 Å². The van der Waals surface area contributed by atoms with E-state index in [1.54, 1.807) is 13.3 Å². The summed E-state index contributed by atoms with van der Waals surface area (Å²) in [5, 5.41) is 14.5. The summed E-state index contributed by atoms with van der Waals surface area (Å²) in [6, 6.07) is 7.75. The highest BCUT2D eigenvalue weighted by molar-refractivity contribution is 5.34. The average molecular weight is 260 g/mol. The minimum atomic E-state index is -0.554. The highest BCUT2D eigenvalue weighted by atomic mass is 16.5. The first kappa shape index (κ1) is 13.6. The SMILES string of the molecule is CCCn1cc(C(O)Cc2ccccc2OC)cn1. The number of ether oxygens (including phenoxy) is 1. The van der Waals surface area contributed by atoms with Crippen LogP contribution in [0.2, 0.25) is 0 Å². The molecule has 102 valence electrons. The number of para-hydroxylation sites is 1. The monoisotopic (exact) mass is 260 g/mol. The predicted molar refractivity (Wildman–Crippen MR) is 74.2 cm³/mol. The van der Waals surface area contributed by atoms with Gasteiger partial charge in [-0.3, -0.25) is 4.68 Å². The summed E-state index contributed by atoms with van der Waals surface area (Å²) in [6.07, 6.45) is 4.65. The molecule has 0 spiro atoms. The molecule has 2 rings (SSSR count). The molecule has 2 aromatic rings. The number of aromatic nitrogens is 2. The van der Waals surface area contributed by atoms with Gasteiger partial charge in [0.25, 0.3) is 0 Å². The summed E-state index contributed by atoms with van der Waals surface area (Å²) in [4.78, 5) is 0. The fourth-order valence-corrected chi connectivity index (χ4v) is 2.10. The van der Waals surface area contributed by atoms with Gasteiger partial charge in [-0.2, -0.15) is 5.10 Å². The highest BCUT2D eigenvalue weighted by Gasteiger charge is 2.13. The van der Waals surface area contributed by atoms with Crippen molar-refractivity contribution in [1.29, 1.82) is 0 Å². The number of rotatable bonds is 6. The van der Waals surface area contributed by atoms with Crippen molar-refractivity contribution >= 4 is 0 Å². The van der Waals surface area contributed by atoms with Crippen molar-refractivity contribution in [3.63, 3.8) is 0 Å². The van der Waals surface area contributed by atoms with Crippen LogP contribution in [-0.2, 0) is 13.0 Å².